The number of phenols is 1. The molecule has 10 rings (SSSR count). The van der Waals surface area contributed by atoms with E-state index in [9.17, 15) is 34.5 Å². The van der Waals surface area contributed by atoms with E-state index in [4.69, 9.17) is 9.47 Å². The van der Waals surface area contributed by atoms with Crippen LogP contribution in [0.15, 0.2) is 163 Å². The summed E-state index contributed by atoms with van der Waals surface area (Å²) in [6.45, 7) is 6.43. The molecule has 0 saturated carbocycles. The Morgan fingerprint density at radius 3 is 2.11 bits per heavy atom. The fourth-order valence-electron chi connectivity index (χ4n) is 11.1. The van der Waals surface area contributed by atoms with Gasteiger partial charge in [-0.25, -0.2) is 4.79 Å². The first-order valence-electron chi connectivity index (χ1n) is 26.4. The van der Waals surface area contributed by atoms with E-state index in [2.05, 4.69) is 39.5 Å². The van der Waals surface area contributed by atoms with Gasteiger partial charge in [0.2, 0.25) is 11.2 Å². The predicted octanol–water partition coefficient (Wildman–Crippen LogP) is 7.75. The third-order valence-electron chi connectivity index (χ3n) is 15.4. The van der Waals surface area contributed by atoms with E-state index < -0.39 is 17.7 Å². The van der Waals surface area contributed by atoms with Gasteiger partial charge in [0.05, 0.1) is 18.2 Å². The van der Waals surface area contributed by atoms with Crippen LogP contribution in [-0.4, -0.2) is 112 Å². The lowest BCUT2D eigenvalue weighted by Crippen LogP contribution is -2.64. The van der Waals surface area contributed by atoms with Crippen molar-refractivity contribution in [3.05, 3.63) is 213 Å². The smallest absolute Gasteiger partial charge is 0.347 e. The van der Waals surface area contributed by atoms with Gasteiger partial charge in [-0.1, -0.05) is 103 Å². The number of H-pyrrole nitrogens is 1. The Bertz CT molecular complexity index is 3190. The lowest BCUT2D eigenvalue weighted by atomic mass is 9.73. The van der Waals surface area contributed by atoms with Gasteiger partial charge < -0.3 is 44.9 Å². The van der Waals surface area contributed by atoms with Crippen molar-refractivity contribution in [2.24, 2.45) is 11.3 Å². The minimum absolute atomic E-state index is 0.0186. The summed E-state index contributed by atoms with van der Waals surface area (Å²) in [5, 5.41) is 37.2. The van der Waals surface area contributed by atoms with E-state index >= 15 is 0 Å². The van der Waals surface area contributed by atoms with Crippen molar-refractivity contribution in [2.75, 3.05) is 59.0 Å². The van der Waals surface area contributed by atoms with E-state index in [0.717, 1.165) is 56.4 Å². The molecule has 4 heterocycles. The number of rotatable bonds is 18. The second-order valence-corrected chi connectivity index (χ2v) is 20.8. The number of amides is 2. The number of hydrogen-bond acceptors (Lipinski definition) is 11. The number of carbonyl (C=O) groups excluding carboxylic acids is 3. The van der Waals surface area contributed by atoms with E-state index in [-0.39, 0.29) is 54.2 Å². The van der Waals surface area contributed by atoms with Crippen molar-refractivity contribution < 1.29 is 39.2 Å². The van der Waals surface area contributed by atoms with Crippen molar-refractivity contribution in [2.45, 2.75) is 57.0 Å². The number of nitrogens with one attached hydrogen (secondary N) is 2. The molecule has 392 valence electrons. The lowest BCUT2D eigenvalue weighted by molar-refractivity contribution is -0.164. The second-order valence-electron chi connectivity index (χ2n) is 20.8. The number of piperidine rings is 2. The highest BCUT2D eigenvalue weighted by atomic mass is 16.5. The number of esters is 1. The second kappa shape index (κ2) is 23.1. The maximum absolute atomic E-state index is 14.0. The van der Waals surface area contributed by atoms with Crippen LogP contribution in [0.3, 0.4) is 0 Å². The number of aliphatic hydroxyl groups is 2. The molecule has 14 heteroatoms. The van der Waals surface area contributed by atoms with Crippen LogP contribution in [0.2, 0.25) is 0 Å². The first-order valence-corrected chi connectivity index (χ1v) is 26.4. The van der Waals surface area contributed by atoms with E-state index in [0.29, 0.717) is 83.6 Å². The number of fused-ring (bicyclic) bond motifs is 1. The molecular weight excluding hydrogens is 959 g/mol. The fraction of sp³-hybridized carbons (Fsp3) is 0.323. The molecule has 76 heavy (non-hydrogen) atoms. The average Bonchev–Trinajstić information content (AvgIpc) is 3.46. The molecule has 7 aromatic rings. The number of likely N-dealkylation sites (tertiary alicyclic amines) is 3. The van der Waals surface area contributed by atoms with Gasteiger partial charge in [-0.2, -0.15) is 0 Å². The predicted molar refractivity (Wildman–Crippen MR) is 290 cm³/mol. The summed E-state index contributed by atoms with van der Waals surface area (Å²) in [4.78, 5) is 62.0. The van der Waals surface area contributed by atoms with Crippen LogP contribution in [0.5, 0.6) is 11.5 Å². The van der Waals surface area contributed by atoms with Crippen LogP contribution >= 0.6 is 0 Å². The largest absolute Gasteiger partial charge is 0.506 e. The van der Waals surface area contributed by atoms with E-state index in [1.165, 1.54) is 17.7 Å². The molecule has 3 fully saturated rings. The Labute approximate surface area is 442 Å². The number of aromatic nitrogens is 1. The van der Waals surface area contributed by atoms with Crippen LogP contribution in [0.4, 0.5) is 0 Å². The summed E-state index contributed by atoms with van der Waals surface area (Å²) in [6, 6.07) is 47.3. The zero-order chi connectivity index (χ0) is 52.7. The van der Waals surface area contributed by atoms with Crippen molar-refractivity contribution in [1.29, 1.82) is 0 Å². The molecule has 3 aliphatic rings. The first kappa shape index (κ1) is 51.8. The summed E-state index contributed by atoms with van der Waals surface area (Å²) in [7, 11) is 0. The molecule has 1 aromatic heterocycles. The Kier molecular flexibility index (Phi) is 15.8. The monoisotopic (exact) mass is 1020 g/mol. The molecule has 5 N–H and O–H groups in total. The zero-order valence-corrected chi connectivity index (χ0v) is 42.6. The van der Waals surface area contributed by atoms with Crippen LogP contribution in [-0.2, 0) is 34.7 Å². The van der Waals surface area contributed by atoms with E-state index in [1.54, 1.807) is 60.7 Å². The molecule has 0 radical (unpaired) electrons. The summed E-state index contributed by atoms with van der Waals surface area (Å²) in [6.07, 6.45) is 3.44. The summed E-state index contributed by atoms with van der Waals surface area (Å²) < 4.78 is 12.1. The molecule has 3 aliphatic heterocycles. The zero-order valence-electron chi connectivity index (χ0n) is 42.6. The van der Waals surface area contributed by atoms with Gasteiger partial charge >= 0.3 is 5.97 Å². The number of nitrogens with zero attached hydrogens (tertiary/aromatic N) is 3. The van der Waals surface area contributed by atoms with Crippen molar-refractivity contribution in [3.8, 4) is 11.5 Å². The number of benzene rings is 6. The maximum Gasteiger partial charge on any atom is 0.347 e. The Morgan fingerprint density at radius 1 is 0.724 bits per heavy atom. The number of ether oxygens (including phenoxy) is 2. The molecule has 1 unspecified atom stereocenters. The number of pyridine rings is 1. The molecule has 6 aromatic carbocycles. The quantitative estimate of drug-likeness (QED) is 0.0419. The molecular formula is C62H65N5O9. The number of aromatic amines is 1. The van der Waals surface area contributed by atoms with Gasteiger partial charge in [-0.05, 0) is 134 Å². The normalized spacial score (nSPS) is 16.9. The number of carbonyl (C=O) groups is 3. The Balaban J connectivity index is 0.677. The number of hydrogen-bond donors (Lipinski definition) is 5. The minimum atomic E-state index is -2.06. The third kappa shape index (κ3) is 11.8. The molecule has 2 amide bonds. The van der Waals surface area contributed by atoms with Gasteiger partial charge in [0.1, 0.15) is 18.1 Å². The molecule has 0 aliphatic carbocycles. The summed E-state index contributed by atoms with van der Waals surface area (Å²) in [5.41, 5.74) is 3.48. The highest BCUT2D eigenvalue weighted by Gasteiger charge is 2.48. The average molecular weight is 1020 g/mol. The molecule has 1 spiro atoms. The van der Waals surface area contributed by atoms with Gasteiger partial charge in [-0.3, -0.25) is 19.3 Å². The van der Waals surface area contributed by atoms with Crippen molar-refractivity contribution in [1.82, 2.24) is 25.0 Å². The first-order chi connectivity index (χ1) is 36.9. The topological polar surface area (TPSA) is 185 Å². The van der Waals surface area contributed by atoms with Gasteiger partial charge in [0.15, 0.2) is 0 Å². The Morgan fingerprint density at radius 2 is 1.38 bits per heavy atom. The molecule has 3 saturated heterocycles. The number of phenolic OH excluding ortho intramolecular Hbond substituents is 1. The van der Waals surface area contributed by atoms with Crippen molar-refractivity contribution >= 4 is 28.7 Å². The lowest BCUT2D eigenvalue weighted by Gasteiger charge is -2.54. The highest BCUT2D eigenvalue weighted by molar-refractivity contribution is 5.96. The van der Waals surface area contributed by atoms with Gasteiger partial charge in [-0.15, -0.1) is 0 Å². The van der Waals surface area contributed by atoms with Crippen LogP contribution in [0.1, 0.15) is 85.9 Å². The maximum atomic E-state index is 14.0. The third-order valence-corrected chi connectivity index (χ3v) is 15.4. The Hall–Kier alpha value is -7.62. The summed E-state index contributed by atoms with van der Waals surface area (Å²) in [5.74, 6) is -0.189. The van der Waals surface area contributed by atoms with Crippen LogP contribution < -0.4 is 15.6 Å². The summed E-state index contributed by atoms with van der Waals surface area (Å²) >= 11 is 0. The van der Waals surface area contributed by atoms with Crippen molar-refractivity contribution in [3.63, 3.8) is 0 Å². The number of aliphatic hydroxyl groups excluding tert-OH is 1. The van der Waals surface area contributed by atoms with E-state index in [1.807, 2.05) is 70.5 Å². The standard InChI is InChI=1S/C62H65N5O9/c68-54-25-23-52(53-24-26-56(70)64-57(53)54)55(69)36-63-31-27-43-15-19-47(20-16-43)58(71)66-32-8-30-61(40-66)41-67(42-61)59(72)48-21-17-45(18-22-48)38-75-51-14-7-13-50(35-51)62(74,49-11-5-2-6-12-49)60(73)76-39-46-28-33-65(34-29-46)37-44-9-3-1-4-10-44/h1-7,9-26,35,46,55,63,68-69,74H,8,27-34,36-42H2,(H,64,70)/t55-,62?/m0/s1. The number of aromatic hydroxyl groups is 1. The van der Waals surface area contributed by atoms with Gasteiger partial charge in [0.25, 0.3) is 11.8 Å². The van der Waals surface area contributed by atoms with Crippen LogP contribution in [0.25, 0.3) is 10.9 Å². The molecule has 2 atom stereocenters. The SMILES string of the molecule is O=C(c1ccc(CCNC[C@H](O)c2ccc(O)c3[nH]c(=O)ccc23)cc1)N1CCCC2(C1)CN(C(=O)c1ccc(COc3cccc(C(O)(C(=O)OCC4CCN(Cc5ccccc5)CC4)c4ccccc4)c3)cc1)C2. The van der Waals surface area contributed by atoms with Crippen LogP contribution in [0, 0.1) is 11.3 Å². The minimum Gasteiger partial charge on any atom is -0.506 e. The molecule has 14 nitrogen and oxygen atoms in total. The fourth-order valence-corrected chi connectivity index (χ4v) is 11.1. The van der Waals surface area contributed by atoms with Gasteiger partial charge in [0, 0.05) is 72.8 Å². The highest BCUT2D eigenvalue weighted by Crippen LogP contribution is 2.40. The molecule has 0 bridgehead atoms.